The molecule has 0 radical (unpaired) electrons. The quantitative estimate of drug-likeness (QED) is 0.470. The lowest BCUT2D eigenvalue weighted by atomic mass is 9.99. The van der Waals surface area contributed by atoms with Crippen molar-refractivity contribution >= 4 is 11.6 Å². The van der Waals surface area contributed by atoms with Gasteiger partial charge in [-0.05, 0) is 29.7 Å². The molecular weight excluding hydrogens is 254 g/mol. The molecule has 0 aromatic carbocycles. The lowest BCUT2D eigenvalue weighted by Gasteiger charge is -2.12. The van der Waals surface area contributed by atoms with Gasteiger partial charge < -0.3 is 4.74 Å². The van der Waals surface area contributed by atoms with Crippen molar-refractivity contribution in [1.82, 2.24) is 9.78 Å². The van der Waals surface area contributed by atoms with Crippen LogP contribution in [-0.4, -0.2) is 22.9 Å². The first-order valence-corrected chi connectivity index (χ1v) is 6.50. The zero-order chi connectivity index (χ0) is 14.1. The molecule has 0 spiro atoms. The third kappa shape index (κ3) is 1.90. The Morgan fingerprint density at radius 1 is 1.60 bits per heavy atom. The summed E-state index contributed by atoms with van der Waals surface area (Å²) in [5, 5.41) is 10.3. The third-order valence-corrected chi connectivity index (χ3v) is 3.57. The van der Waals surface area contributed by atoms with Gasteiger partial charge in [0.2, 0.25) is 0 Å². The minimum absolute atomic E-state index is 0.126. The van der Waals surface area contributed by atoms with Crippen LogP contribution in [0.5, 0.6) is 0 Å². The standard InChI is InChI=1S/C14H15N5O/c1-9(17-18-15)8-19-13-6-11-10(12(13)7-16-19)4-3-5-14(11)20-2/h3,5-7,9H,4,8H2,1-2H3/t9-/m1/s1. The molecular formula is C14H15N5O. The van der Waals surface area contributed by atoms with E-state index in [0.29, 0.717) is 6.54 Å². The first-order chi connectivity index (χ1) is 9.74. The third-order valence-electron chi connectivity index (χ3n) is 3.57. The number of hydrogen-bond donors (Lipinski definition) is 0. The molecule has 6 heteroatoms. The molecule has 102 valence electrons. The Kier molecular flexibility index (Phi) is 3.08. The Labute approximate surface area is 116 Å². The molecule has 0 saturated carbocycles. The Morgan fingerprint density at radius 2 is 2.45 bits per heavy atom. The molecule has 1 aromatic rings. The molecule has 0 N–H and O–H groups in total. The van der Waals surface area contributed by atoms with Crippen LogP contribution in [0.25, 0.3) is 22.1 Å². The maximum absolute atomic E-state index is 8.48. The van der Waals surface area contributed by atoms with E-state index in [1.54, 1.807) is 7.11 Å². The predicted octanol–water partition coefficient (Wildman–Crippen LogP) is 1.39. The lowest BCUT2D eigenvalue weighted by Crippen LogP contribution is -2.30. The van der Waals surface area contributed by atoms with Crippen LogP contribution in [0.15, 0.2) is 34.8 Å². The van der Waals surface area contributed by atoms with Crippen LogP contribution in [0.4, 0.5) is 0 Å². The van der Waals surface area contributed by atoms with Gasteiger partial charge in [0.25, 0.3) is 0 Å². The number of methoxy groups -OCH3 is 1. The van der Waals surface area contributed by atoms with Crippen molar-refractivity contribution in [3.05, 3.63) is 50.7 Å². The summed E-state index contributed by atoms with van der Waals surface area (Å²) >= 11 is 0. The van der Waals surface area contributed by atoms with Crippen LogP contribution in [0.2, 0.25) is 0 Å². The predicted molar refractivity (Wildman–Crippen MR) is 75.8 cm³/mol. The molecule has 0 fully saturated rings. The van der Waals surface area contributed by atoms with Crippen molar-refractivity contribution in [2.75, 3.05) is 7.11 Å². The molecule has 2 aliphatic rings. The molecule has 2 aliphatic carbocycles. The van der Waals surface area contributed by atoms with Crippen molar-refractivity contribution in [2.45, 2.75) is 25.9 Å². The zero-order valence-corrected chi connectivity index (χ0v) is 11.4. The lowest BCUT2D eigenvalue weighted by molar-refractivity contribution is 0.304. The maximum Gasteiger partial charge on any atom is 0.126 e. The van der Waals surface area contributed by atoms with Gasteiger partial charge in [-0.3, -0.25) is 4.68 Å². The average Bonchev–Trinajstić information content (AvgIpc) is 2.99. The van der Waals surface area contributed by atoms with Crippen LogP contribution in [0, 0.1) is 0 Å². The first kappa shape index (κ1) is 12.6. The van der Waals surface area contributed by atoms with E-state index >= 15 is 0 Å². The zero-order valence-electron chi connectivity index (χ0n) is 11.4. The highest BCUT2D eigenvalue weighted by Gasteiger charge is 2.20. The molecule has 0 aliphatic heterocycles. The van der Waals surface area contributed by atoms with Crippen LogP contribution < -0.4 is 10.6 Å². The minimum Gasteiger partial charge on any atom is -0.496 e. The minimum atomic E-state index is -0.126. The van der Waals surface area contributed by atoms with Gasteiger partial charge in [0.15, 0.2) is 0 Å². The van der Waals surface area contributed by atoms with Crippen molar-refractivity contribution in [3.8, 4) is 0 Å². The molecule has 3 rings (SSSR count). The van der Waals surface area contributed by atoms with E-state index in [4.69, 9.17) is 10.3 Å². The number of azide groups is 1. The van der Waals surface area contributed by atoms with Gasteiger partial charge in [-0.25, -0.2) is 0 Å². The summed E-state index contributed by atoms with van der Waals surface area (Å²) in [6, 6.07) is -0.126. The van der Waals surface area contributed by atoms with Gasteiger partial charge in [-0.1, -0.05) is 18.1 Å². The van der Waals surface area contributed by atoms with Gasteiger partial charge in [-0.2, -0.15) is 5.10 Å². The van der Waals surface area contributed by atoms with E-state index in [9.17, 15) is 0 Å². The Hall–Kier alpha value is -2.46. The van der Waals surface area contributed by atoms with Gasteiger partial charge in [0.1, 0.15) is 5.76 Å². The number of ether oxygens (including phenoxy) is 1. The normalized spacial score (nSPS) is 17.2. The Balaban J connectivity index is 2.08. The molecule has 0 bridgehead atoms. The molecule has 20 heavy (non-hydrogen) atoms. The summed E-state index contributed by atoms with van der Waals surface area (Å²) in [5.41, 5.74) is 10.9. The van der Waals surface area contributed by atoms with Crippen molar-refractivity contribution in [2.24, 2.45) is 5.11 Å². The summed E-state index contributed by atoms with van der Waals surface area (Å²) in [6.07, 6.45) is 8.97. The highest BCUT2D eigenvalue weighted by molar-refractivity contribution is 5.84. The molecule has 0 amide bonds. The first-order valence-electron chi connectivity index (χ1n) is 6.50. The van der Waals surface area contributed by atoms with Gasteiger partial charge in [0, 0.05) is 22.2 Å². The van der Waals surface area contributed by atoms with E-state index in [-0.39, 0.29) is 6.04 Å². The van der Waals surface area contributed by atoms with Crippen LogP contribution in [0.3, 0.4) is 0 Å². The molecule has 1 heterocycles. The van der Waals surface area contributed by atoms with E-state index < -0.39 is 0 Å². The van der Waals surface area contributed by atoms with Crippen LogP contribution >= 0.6 is 0 Å². The van der Waals surface area contributed by atoms with Crippen molar-refractivity contribution < 1.29 is 4.74 Å². The van der Waals surface area contributed by atoms with E-state index in [0.717, 1.165) is 28.3 Å². The summed E-state index contributed by atoms with van der Waals surface area (Å²) in [7, 11) is 1.68. The van der Waals surface area contributed by atoms with Crippen molar-refractivity contribution in [3.63, 3.8) is 0 Å². The van der Waals surface area contributed by atoms with E-state index in [1.165, 1.54) is 5.57 Å². The number of fused-ring (bicyclic) bond motifs is 2. The fourth-order valence-electron chi connectivity index (χ4n) is 2.66. The molecule has 1 atom stereocenters. The SMILES string of the molecule is COC1=C2C=c3c(cnn3C[C@@H](C)N=[N+]=[N-])=C2CC=C1. The monoisotopic (exact) mass is 269 g/mol. The molecule has 6 nitrogen and oxygen atoms in total. The summed E-state index contributed by atoms with van der Waals surface area (Å²) in [5.74, 6) is 0.886. The fraction of sp³-hybridized carbons (Fsp3) is 0.357. The number of allylic oxidation sites excluding steroid dienone is 3. The number of nitrogens with zero attached hydrogens (tertiary/aromatic N) is 5. The summed E-state index contributed by atoms with van der Waals surface area (Å²) in [6.45, 7) is 2.45. The highest BCUT2D eigenvalue weighted by atomic mass is 16.5. The second kappa shape index (κ2) is 4.90. The van der Waals surface area contributed by atoms with Crippen molar-refractivity contribution in [1.29, 1.82) is 0 Å². The van der Waals surface area contributed by atoms with Crippen LogP contribution in [-0.2, 0) is 11.3 Å². The molecule has 0 saturated heterocycles. The summed E-state index contributed by atoms with van der Waals surface area (Å²) < 4.78 is 7.30. The summed E-state index contributed by atoms with van der Waals surface area (Å²) in [4.78, 5) is 2.84. The van der Waals surface area contributed by atoms with Gasteiger partial charge >= 0.3 is 0 Å². The second-order valence-electron chi connectivity index (χ2n) is 4.89. The Morgan fingerprint density at radius 3 is 3.20 bits per heavy atom. The van der Waals surface area contributed by atoms with Crippen LogP contribution in [0.1, 0.15) is 13.3 Å². The fourth-order valence-corrected chi connectivity index (χ4v) is 2.66. The Bertz CT molecular complexity index is 777. The number of rotatable bonds is 4. The molecule has 1 aromatic heterocycles. The second-order valence-corrected chi connectivity index (χ2v) is 4.89. The smallest absolute Gasteiger partial charge is 0.126 e. The largest absolute Gasteiger partial charge is 0.496 e. The average molecular weight is 269 g/mol. The number of aromatic nitrogens is 2. The maximum atomic E-state index is 8.48. The van der Waals surface area contributed by atoms with Gasteiger partial charge in [0.05, 0.1) is 24.7 Å². The topological polar surface area (TPSA) is 75.8 Å². The molecule has 0 unspecified atom stereocenters. The van der Waals surface area contributed by atoms with Gasteiger partial charge in [-0.15, -0.1) is 0 Å². The number of hydrogen-bond acceptors (Lipinski definition) is 3. The van der Waals surface area contributed by atoms with E-state index in [1.807, 2.05) is 23.9 Å². The highest BCUT2D eigenvalue weighted by Crippen LogP contribution is 2.27. The van der Waals surface area contributed by atoms with E-state index in [2.05, 4.69) is 27.3 Å².